The van der Waals surface area contributed by atoms with Crippen molar-refractivity contribution in [2.75, 3.05) is 31.1 Å². The molecule has 3 heteroatoms. The van der Waals surface area contributed by atoms with Crippen LogP contribution in [0.2, 0.25) is 0 Å². The third-order valence-electron chi connectivity index (χ3n) is 4.79. The smallest absolute Gasteiger partial charge is 0.0158 e. The molecule has 19 heavy (non-hydrogen) atoms. The van der Waals surface area contributed by atoms with Gasteiger partial charge in [0.15, 0.2) is 0 Å². The van der Waals surface area contributed by atoms with Gasteiger partial charge in [-0.05, 0) is 38.6 Å². The molecule has 1 aliphatic carbocycles. The van der Waals surface area contributed by atoms with Gasteiger partial charge >= 0.3 is 0 Å². The van der Waals surface area contributed by atoms with Crippen LogP contribution < -0.4 is 5.32 Å². The zero-order chi connectivity index (χ0) is 13.5. The topological polar surface area (TPSA) is 15.3 Å². The van der Waals surface area contributed by atoms with Crippen LogP contribution in [0.5, 0.6) is 0 Å². The first-order chi connectivity index (χ1) is 9.31. The Bertz CT molecular complexity index is 247. The highest BCUT2D eigenvalue weighted by Gasteiger charge is 2.27. The van der Waals surface area contributed by atoms with Crippen LogP contribution in [0, 0.1) is 5.92 Å². The summed E-state index contributed by atoms with van der Waals surface area (Å²) >= 11 is 2.13. The van der Waals surface area contributed by atoms with E-state index in [1.165, 1.54) is 69.7 Å². The molecule has 1 heterocycles. The van der Waals surface area contributed by atoms with E-state index < -0.39 is 0 Å². The average molecular weight is 285 g/mol. The molecule has 112 valence electrons. The molecule has 2 fully saturated rings. The zero-order valence-corrected chi connectivity index (χ0v) is 13.7. The van der Waals surface area contributed by atoms with E-state index in [2.05, 4.69) is 35.8 Å². The Morgan fingerprint density at radius 3 is 2.84 bits per heavy atom. The molecule has 0 radical (unpaired) electrons. The van der Waals surface area contributed by atoms with Crippen LogP contribution in [0.4, 0.5) is 0 Å². The molecule has 1 saturated carbocycles. The van der Waals surface area contributed by atoms with Gasteiger partial charge in [0.25, 0.3) is 0 Å². The lowest BCUT2D eigenvalue weighted by Gasteiger charge is -2.38. The molecule has 2 aliphatic rings. The summed E-state index contributed by atoms with van der Waals surface area (Å²) in [4.78, 5) is 2.76. The van der Waals surface area contributed by atoms with Gasteiger partial charge in [0, 0.05) is 36.7 Å². The standard InChI is InChI=1S/C16H32N2S/c1-3-9-17-16-8-6-4-5-7-15(16)12-18-10-11-19-13-14(18)2/h14-17H,3-13H2,1-2H3. The largest absolute Gasteiger partial charge is 0.314 e. The third-order valence-corrected chi connectivity index (χ3v) is 5.98. The van der Waals surface area contributed by atoms with Gasteiger partial charge in [0.2, 0.25) is 0 Å². The normalized spacial score (nSPS) is 34.1. The highest BCUT2D eigenvalue weighted by molar-refractivity contribution is 7.99. The van der Waals surface area contributed by atoms with E-state index >= 15 is 0 Å². The highest BCUT2D eigenvalue weighted by atomic mass is 32.2. The van der Waals surface area contributed by atoms with Gasteiger partial charge in [-0.25, -0.2) is 0 Å². The summed E-state index contributed by atoms with van der Waals surface area (Å²) in [5, 5.41) is 3.83. The second kappa shape index (κ2) is 8.53. The number of thioether (sulfide) groups is 1. The molecular formula is C16H32N2S. The average Bonchev–Trinajstić information content (AvgIpc) is 2.64. The van der Waals surface area contributed by atoms with Gasteiger partial charge in [-0.3, -0.25) is 4.90 Å². The first-order valence-corrected chi connectivity index (χ1v) is 9.52. The molecule has 3 unspecified atom stereocenters. The van der Waals surface area contributed by atoms with Crippen molar-refractivity contribution in [3.05, 3.63) is 0 Å². The Hall–Kier alpha value is 0.270. The van der Waals surface area contributed by atoms with Crippen LogP contribution in [-0.2, 0) is 0 Å². The fraction of sp³-hybridized carbons (Fsp3) is 1.00. The number of rotatable bonds is 5. The van der Waals surface area contributed by atoms with Crippen molar-refractivity contribution in [1.82, 2.24) is 10.2 Å². The summed E-state index contributed by atoms with van der Waals surface area (Å²) in [5.74, 6) is 3.56. The predicted octanol–water partition coefficient (Wildman–Crippen LogP) is 3.37. The Morgan fingerprint density at radius 2 is 2.05 bits per heavy atom. The minimum Gasteiger partial charge on any atom is -0.314 e. The molecule has 2 nitrogen and oxygen atoms in total. The van der Waals surface area contributed by atoms with Crippen LogP contribution in [-0.4, -0.2) is 48.1 Å². The summed E-state index contributed by atoms with van der Waals surface area (Å²) < 4.78 is 0. The summed E-state index contributed by atoms with van der Waals surface area (Å²) in [6.45, 7) is 8.54. The van der Waals surface area contributed by atoms with Crippen molar-refractivity contribution in [3.63, 3.8) is 0 Å². The lowest BCUT2D eigenvalue weighted by molar-refractivity contribution is 0.167. The Labute approximate surface area is 124 Å². The summed E-state index contributed by atoms with van der Waals surface area (Å²) in [7, 11) is 0. The number of nitrogens with zero attached hydrogens (tertiary/aromatic N) is 1. The Balaban J connectivity index is 1.88. The van der Waals surface area contributed by atoms with Crippen molar-refractivity contribution in [2.24, 2.45) is 5.92 Å². The zero-order valence-electron chi connectivity index (χ0n) is 12.9. The molecular weight excluding hydrogens is 252 g/mol. The van der Waals surface area contributed by atoms with E-state index in [0.29, 0.717) is 0 Å². The summed E-state index contributed by atoms with van der Waals surface area (Å²) in [5.41, 5.74) is 0. The molecule has 1 saturated heterocycles. The van der Waals surface area contributed by atoms with Crippen LogP contribution in [0.25, 0.3) is 0 Å². The molecule has 1 aliphatic heterocycles. The van der Waals surface area contributed by atoms with E-state index in [4.69, 9.17) is 0 Å². The minimum absolute atomic E-state index is 0.782. The van der Waals surface area contributed by atoms with E-state index in [-0.39, 0.29) is 0 Å². The molecule has 1 N–H and O–H groups in total. The maximum absolute atomic E-state index is 3.83. The molecule has 3 atom stereocenters. The van der Waals surface area contributed by atoms with Gasteiger partial charge in [0.1, 0.15) is 0 Å². The maximum atomic E-state index is 3.83. The van der Waals surface area contributed by atoms with Crippen molar-refractivity contribution in [1.29, 1.82) is 0 Å². The quantitative estimate of drug-likeness (QED) is 0.779. The fourth-order valence-electron chi connectivity index (χ4n) is 3.54. The fourth-order valence-corrected chi connectivity index (χ4v) is 4.62. The first kappa shape index (κ1) is 15.7. The van der Waals surface area contributed by atoms with Crippen LogP contribution in [0.1, 0.15) is 52.4 Å². The lowest BCUT2D eigenvalue weighted by Crippen LogP contribution is -2.47. The Kier molecular flexibility index (Phi) is 7.03. The van der Waals surface area contributed by atoms with Crippen molar-refractivity contribution >= 4 is 11.8 Å². The molecule has 0 aromatic rings. The van der Waals surface area contributed by atoms with Crippen molar-refractivity contribution in [3.8, 4) is 0 Å². The first-order valence-electron chi connectivity index (χ1n) is 8.36. The van der Waals surface area contributed by atoms with Gasteiger partial charge in [-0.2, -0.15) is 11.8 Å². The van der Waals surface area contributed by atoms with Crippen LogP contribution >= 0.6 is 11.8 Å². The van der Waals surface area contributed by atoms with Crippen LogP contribution in [0.15, 0.2) is 0 Å². The highest BCUT2D eigenvalue weighted by Crippen LogP contribution is 2.26. The SMILES string of the molecule is CCCNC1CCCCCC1CN1CCSCC1C. The van der Waals surface area contributed by atoms with Crippen molar-refractivity contribution < 1.29 is 0 Å². The van der Waals surface area contributed by atoms with E-state index in [1.807, 2.05) is 0 Å². The minimum atomic E-state index is 0.782. The summed E-state index contributed by atoms with van der Waals surface area (Å²) in [6, 6.07) is 1.57. The second-order valence-corrected chi connectivity index (χ2v) is 7.53. The van der Waals surface area contributed by atoms with Gasteiger partial charge in [0.05, 0.1) is 0 Å². The third kappa shape index (κ3) is 4.95. The molecule has 0 spiro atoms. The molecule has 0 aromatic heterocycles. The molecule has 0 aromatic carbocycles. The van der Waals surface area contributed by atoms with Crippen molar-refractivity contribution in [2.45, 2.75) is 64.5 Å². The Morgan fingerprint density at radius 1 is 1.21 bits per heavy atom. The van der Waals surface area contributed by atoms with Gasteiger partial charge in [-0.15, -0.1) is 0 Å². The molecule has 2 rings (SSSR count). The van der Waals surface area contributed by atoms with E-state index in [1.54, 1.807) is 0 Å². The maximum Gasteiger partial charge on any atom is 0.0158 e. The monoisotopic (exact) mass is 284 g/mol. The number of nitrogens with one attached hydrogen (secondary N) is 1. The van der Waals surface area contributed by atoms with E-state index in [9.17, 15) is 0 Å². The molecule has 0 bridgehead atoms. The van der Waals surface area contributed by atoms with Gasteiger partial charge < -0.3 is 5.32 Å². The molecule has 0 amide bonds. The summed E-state index contributed by atoms with van der Waals surface area (Å²) in [6.07, 6.45) is 8.45. The predicted molar refractivity (Wildman–Crippen MR) is 87.0 cm³/mol. The van der Waals surface area contributed by atoms with E-state index in [0.717, 1.165) is 18.0 Å². The van der Waals surface area contributed by atoms with Gasteiger partial charge in [-0.1, -0.05) is 26.2 Å². The number of hydrogen-bond acceptors (Lipinski definition) is 3. The lowest BCUT2D eigenvalue weighted by atomic mass is 9.93. The second-order valence-electron chi connectivity index (χ2n) is 6.38. The van der Waals surface area contributed by atoms with Crippen LogP contribution in [0.3, 0.4) is 0 Å². The number of hydrogen-bond donors (Lipinski definition) is 1.